The molecule has 2 heteroatoms. The molecule has 0 aliphatic rings. The molecule has 1 radical (unpaired) electrons. The summed E-state index contributed by atoms with van der Waals surface area (Å²) in [5.74, 6) is 2.53. The fourth-order valence-corrected chi connectivity index (χ4v) is 1.05. The summed E-state index contributed by atoms with van der Waals surface area (Å²) in [6.07, 6.45) is 2.37. The summed E-state index contributed by atoms with van der Waals surface area (Å²) in [6, 6.07) is 0. The molecule has 0 N–H and O–H groups in total. The number of rotatable bonds is 4. The first kappa shape index (κ1) is 12.2. The van der Waals surface area contributed by atoms with Gasteiger partial charge in [-0.15, -0.1) is 0 Å². The van der Waals surface area contributed by atoms with Gasteiger partial charge in [-0.2, -0.15) is 18.2 Å². The second kappa shape index (κ2) is 11.3. The maximum absolute atomic E-state index is 3.74. The summed E-state index contributed by atoms with van der Waals surface area (Å²) in [7, 11) is 0. The van der Waals surface area contributed by atoms with Gasteiger partial charge in [0.25, 0.3) is 0 Å². The van der Waals surface area contributed by atoms with Crippen molar-refractivity contribution in [3.8, 4) is 0 Å². The molecular weight excluding hydrogens is 193 g/mol. The minimum Gasteiger partial charge on any atom is -0.343 e. The van der Waals surface area contributed by atoms with E-state index in [9.17, 15) is 0 Å². The van der Waals surface area contributed by atoms with E-state index in [1.54, 1.807) is 0 Å². The third kappa shape index (κ3) is 10.4. The summed E-state index contributed by atoms with van der Waals surface area (Å²) in [5, 5.41) is 0. The van der Waals surface area contributed by atoms with Gasteiger partial charge in [-0.3, -0.25) is 0 Å². The van der Waals surface area contributed by atoms with Crippen LogP contribution in [0, 0.1) is 6.92 Å². The Morgan fingerprint density at radius 2 is 2.00 bits per heavy atom. The quantitative estimate of drug-likeness (QED) is 0.502. The van der Waals surface area contributed by atoms with E-state index in [0.29, 0.717) is 0 Å². The van der Waals surface area contributed by atoms with Gasteiger partial charge in [-0.1, -0.05) is 6.92 Å². The van der Waals surface area contributed by atoms with E-state index in [0.717, 1.165) is 6.42 Å². The zero-order valence-corrected chi connectivity index (χ0v) is 9.18. The van der Waals surface area contributed by atoms with Crippen molar-refractivity contribution < 1.29 is 32.7 Å². The third-order valence-electron chi connectivity index (χ3n) is 0.637. The molecule has 0 atom stereocenters. The molecule has 0 spiro atoms. The number of hydrogen-bond acceptors (Lipinski definition) is 1. The van der Waals surface area contributed by atoms with Crippen molar-refractivity contribution >= 4 is 11.8 Å². The van der Waals surface area contributed by atoms with Crippen LogP contribution in [0.1, 0.15) is 19.8 Å². The largest absolute Gasteiger partial charge is 0.343 e. The second-order valence-corrected chi connectivity index (χ2v) is 2.69. The molecule has 0 bridgehead atoms. The zero-order valence-electron chi connectivity index (χ0n) is 5.52. The monoisotopic (exact) mass is 206 g/mol. The van der Waals surface area contributed by atoms with Crippen molar-refractivity contribution in [1.29, 1.82) is 0 Å². The Morgan fingerprint density at radius 3 is 2.38 bits per heavy atom. The fraction of sp³-hybridized carbons (Fsp3) is 0.833. The Balaban J connectivity index is 0. The number of thioether (sulfide) groups is 1. The molecule has 0 aromatic rings. The van der Waals surface area contributed by atoms with Gasteiger partial charge in [0.05, 0.1) is 0 Å². The summed E-state index contributed by atoms with van der Waals surface area (Å²) < 4.78 is 0. The van der Waals surface area contributed by atoms with Crippen LogP contribution in [0.15, 0.2) is 0 Å². The normalized spacial score (nSPS) is 8.25. The first-order chi connectivity index (χ1) is 3.41. The van der Waals surface area contributed by atoms with Gasteiger partial charge in [0.1, 0.15) is 0 Å². The minimum atomic E-state index is 0. The molecule has 0 unspecified atom stereocenters. The topological polar surface area (TPSA) is 0 Å². The van der Waals surface area contributed by atoms with E-state index in [1.807, 2.05) is 11.8 Å². The molecular formula is C6H13SY-. The van der Waals surface area contributed by atoms with Gasteiger partial charge < -0.3 is 6.92 Å². The first-order valence-corrected chi connectivity index (χ1v) is 3.94. The molecule has 0 aliphatic heterocycles. The van der Waals surface area contributed by atoms with Crippen molar-refractivity contribution in [2.24, 2.45) is 0 Å². The van der Waals surface area contributed by atoms with Gasteiger partial charge in [-0.05, 0) is 17.9 Å². The molecule has 8 heavy (non-hydrogen) atoms. The summed E-state index contributed by atoms with van der Waals surface area (Å²) in [6.45, 7) is 5.94. The fourth-order valence-electron chi connectivity index (χ4n) is 0.348. The van der Waals surface area contributed by atoms with E-state index in [-0.39, 0.29) is 32.7 Å². The van der Waals surface area contributed by atoms with Crippen molar-refractivity contribution in [3.05, 3.63) is 6.92 Å². The van der Waals surface area contributed by atoms with Crippen LogP contribution in [0.2, 0.25) is 0 Å². The zero-order chi connectivity index (χ0) is 5.54. The van der Waals surface area contributed by atoms with Crippen LogP contribution in [0.25, 0.3) is 0 Å². The molecule has 0 saturated carbocycles. The van der Waals surface area contributed by atoms with E-state index >= 15 is 0 Å². The van der Waals surface area contributed by atoms with Gasteiger partial charge in [0.15, 0.2) is 0 Å². The van der Waals surface area contributed by atoms with Gasteiger partial charge in [0.2, 0.25) is 0 Å². The summed E-state index contributed by atoms with van der Waals surface area (Å²) >= 11 is 1.99. The Bertz CT molecular complexity index is 27.7. The van der Waals surface area contributed by atoms with Crippen molar-refractivity contribution in [3.63, 3.8) is 0 Å². The van der Waals surface area contributed by atoms with Gasteiger partial charge in [-0.25, -0.2) is 0 Å². The third-order valence-corrected chi connectivity index (χ3v) is 1.91. The molecule has 0 rings (SSSR count). The Morgan fingerprint density at radius 1 is 1.38 bits per heavy atom. The second-order valence-electron chi connectivity index (χ2n) is 1.47. The van der Waals surface area contributed by atoms with Crippen LogP contribution < -0.4 is 0 Å². The van der Waals surface area contributed by atoms with E-state index in [4.69, 9.17) is 0 Å². The molecule has 0 nitrogen and oxygen atoms in total. The molecule has 0 saturated heterocycles. The Kier molecular flexibility index (Phi) is 17.1. The number of hydrogen-bond donors (Lipinski definition) is 0. The van der Waals surface area contributed by atoms with Crippen LogP contribution in [0.3, 0.4) is 0 Å². The molecule has 0 aliphatic carbocycles. The van der Waals surface area contributed by atoms with Gasteiger partial charge >= 0.3 is 0 Å². The van der Waals surface area contributed by atoms with Crippen LogP contribution in [-0.2, 0) is 32.7 Å². The Labute approximate surface area is 82.1 Å². The standard InChI is InChI=1S/C6H13S.Y/c1-3-5-7-6-4-2;/h1,3-6H2,2H3;/q-1;. The van der Waals surface area contributed by atoms with Crippen LogP contribution >= 0.6 is 11.8 Å². The molecule has 0 amide bonds. The summed E-state index contributed by atoms with van der Waals surface area (Å²) in [4.78, 5) is 0. The van der Waals surface area contributed by atoms with Gasteiger partial charge in [0, 0.05) is 32.7 Å². The molecule has 0 fully saturated rings. The SMILES string of the molecule is [CH2-]CCSCCC.[Y]. The average molecular weight is 206 g/mol. The van der Waals surface area contributed by atoms with Crippen LogP contribution in [-0.4, -0.2) is 11.5 Å². The minimum absolute atomic E-state index is 0. The Hall–Kier alpha value is 1.45. The van der Waals surface area contributed by atoms with E-state index in [1.165, 1.54) is 17.9 Å². The molecule has 0 heterocycles. The smallest absolute Gasteiger partial charge is 0 e. The van der Waals surface area contributed by atoms with E-state index in [2.05, 4.69) is 13.8 Å². The van der Waals surface area contributed by atoms with Crippen molar-refractivity contribution in [2.45, 2.75) is 19.8 Å². The van der Waals surface area contributed by atoms with Crippen molar-refractivity contribution in [2.75, 3.05) is 11.5 Å². The van der Waals surface area contributed by atoms with Crippen molar-refractivity contribution in [1.82, 2.24) is 0 Å². The maximum Gasteiger partial charge on any atom is 0 e. The average Bonchev–Trinajstić information content (AvgIpc) is 1.69. The van der Waals surface area contributed by atoms with E-state index < -0.39 is 0 Å². The summed E-state index contributed by atoms with van der Waals surface area (Å²) in [5.41, 5.74) is 0. The molecule has 0 aromatic carbocycles. The molecule has 0 aromatic heterocycles. The predicted molar refractivity (Wildman–Crippen MR) is 37.6 cm³/mol. The van der Waals surface area contributed by atoms with Crippen LogP contribution in [0.5, 0.6) is 0 Å². The first-order valence-electron chi connectivity index (χ1n) is 2.78. The maximum atomic E-state index is 3.74. The van der Waals surface area contributed by atoms with Crippen LogP contribution in [0.4, 0.5) is 0 Å². The predicted octanol–water partition coefficient (Wildman–Crippen LogP) is 2.35. The molecule has 47 valence electrons.